The summed E-state index contributed by atoms with van der Waals surface area (Å²) in [6, 6.07) is 6.10. The summed E-state index contributed by atoms with van der Waals surface area (Å²) in [4.78, 5) is 0.239. The van der Waals surface area contributed by atoms with E-state index in [0.29, 0.717) is 12.1 Å². The normalized spacial score (nSPS) is 12.4. The predicted molar refractivity (Wildman–Crippen MR) is 74.1 cm³/mol. The molecule has 120 valence electrons. The van der Waals surface area contributed by atoms with Crippen LogP contribution >= 0.6 is 0 Å². The molecule has 0 fully saturated rings. The molecule has 0 spiro atoms. The second-order valence-electron chi connectivity index (χ2n) is 4.44. The SMILES string of the molecule is CCCS(=O)(=O)c1ccc(NCCOCC(F)(F)F)cc1. The van der Waals surface area contributed by atoms with Crippen LogP contribution in [-0.4, -0.2) is 40.1 Å². The summed E-state index contributed by atoms with van der Waals surface area (Å²) < 4.78 is 63.5. The van der Waals surface area contributed by atoms with Crippen LogP contribution in [0.5, 0.6) is 0 Å². The van der Waals surface area contributed by atoms with Gasteiger partial charge < -0.3 is 10.1 Å². The van der Waals surface area contributed by atoms with Crippen molar-refractivity contribution in [3.05, 3.63) is 24.3 Å². The van der Waals surface area contributed by atoms with Gasteiger partial charge in [-0.1, -0.05) is 6.92 Å². The molecule has 1 aromatic rings. The lowest BCUT2D eigenvalue weighted by molar-refractivity contribution is -0.172. The van der Waals surface area contributed by atoms with Gasteiger partial charge in [-0.25, -0.2) is 8.42 Å². The molecular weight excluding hydrogens is 307 g/mol. The summed E-state index contributed by atoms with van der Waals surface area (Å²) in [6.45, 7) is 0.629. The Kier molecular flexibility index (Phi) is 6.47. The molecule has 1 rings (SSSR count). The average molecular weight is 325 g/mol. The number of alkyl halides is 3. The van der Waals surface area contributed by atoms with Crippen molar-refractivity contribution in [2.75, 3.05) is 30.8 Å². The maximum Gasteiger partial charge on any atom is 0.411 e. The van der Waals surface area contributed by atoms with Crippen molar-refractivity contribution in [3.8, 4) is 0 Å². The summed E-state index contributed by atoms with van der Waals surface area (Å²) in [5.41, 5.74) is 0.626. The van der Waals surface area contributed by atoms with Gasteiger partial charge in [-0.3, -0.25) is 0 Å². The van der Waals surface area contributed by atoms with Crippen molar-refractivity contribution in [2.45, 2.75) is 24.4 Å². The average Bonchev–Trinajstić information content (AvgIpc) is 2.37. The topological polar surface area (TPSA) is 55.4 Å². The lowest BCUT2D eigenvalue weighted by atomic mass is 10.3. The number of anilines is 1. The fraction of sp³-hybridized carbons (Fsp3) is 0.538. The highest BCUT2D eigenvalue weighted by atomic mass is 32.2. The predicted octanol–water partition coefficient (Wildman–Crippen LogP) is 2.86. The van der Waals surface area contributed by atoms with Gasteiger partial charge in [-0.05, 0) is 30.7 Å². The van der Waals surface area contributed by atoms with E-state index in [-0.39, 0.29) is 23.8 Å². The summed E-state index contributed by atoms with van der Waals surface area (Å²) in [5, 5.41) is 2.85. The lowest BCUT2D eigenvalue weighted by Gasteiger charge is -2.10. The zero-order valence-electron chi connectivity index (χ0n) is 11.6. The Bertz CT molecular complexity index is 527. The first-order valence-electron chi connectivity index (χ1n) is 6.46. The quantitative estimate of drug-likeness (QED) is 0.747. The second-order valence-corrected chi connectivity index (χ2v) is 6.55. The Balaban J connectivity index is 2.42. The van der Waals surface area contributed by atoms with Gasteiger partial charge in [-0.2, -0.15) is 13.2 Å². The van der Waals surface area contributed by atoms with Crippen LogP contribution in [0.25, 0.3) is 0 Å². The minimum Gasteiger partial charge on any atom is -0.383 e. The number of hydrogen-bond donors (Lipinski definition) is 1. The Morgan fingerprint density at radius 3 is 2.33 bits per heavy atom. The van der Waals surface area contributed by atoms with E-state index in [1.54, 1.807) is 19.1 Å². The molecule has 0 aliphatic heterocycles. The molecule has 0 unspecified atom stereocenters. The summed E-state index contributed by atoms with van der Waals surface area (Å²) in [7, 11) is -3.25. The van der Waals surface area contributed by atoms with Gasteiger partial charge in [0.2, 0.25) is 0 Å². The maximum absolute atomic E-state index is 11.8. The third-order valence-electron chi connectivity index (χ3n) is 2.53. The van der Waals surface area contributed by atoms with Gasteiger partial charge in [0.25, 0.3) is 0 Å². The van der Waals surface area contributed by atoms with Crippen molar-refractivity contribution in [1.29, 1.82) is 0 Å². The van der Waals surface area contributed by atoms with Gasteiger partial charge in [-0.15, -0.1) is 0 Å². The summed E-state index contributed by atoms with van der Waals surface area (Å²) in [6.07, 6.45) is -3.78. The monoisotopic (exact) mass is 325 g/mol. The molecule has 0 saturated heterocycles. The molecule has 0 amide bonds. The van der Waals surface area contributed by atoms with Crippen molar-refractivity contribution in [2.24, 2.45) is 0 Å². The van der Waals surface area contributed by atoms with Crippen LogP contribution in [0.1, 0.15) is 13.3 Å². The fourth-order valence-corrected chi connectivity index (χ4v) is 2.95. The van der Waals surface area contributed by atoms with Gasteiger partial charge in [0, 0.05) is 12.2 Å². The van der Waals surface area contributed by atoms with Crippen LogP contribution < -0.4 is 5.32 Å². The molecule has 1 N–H and O–H groups in total. The first kappa shape index (κ1) is 17.8. The third kappa shape index (κ3) is 6.81. The molecule has 0 aliphatic rings. The number of hydrogen-bond acceptors (Lipinski definition) is 4. The molecule has 0 saturated carbocycles. The van der Waals surface area contributed by atoms with Crippen LogP contribution in [0.15, 0.2) is 29.2 Å². The molecule has 8 heteroatoms. The molecule has 4 nitrogen and oxygen atoms in total. The Morgan fingerprint density at radius 2 is 1.81 bits per heavy atom. The molecule has 0 radical (unpaired) electrons. The maximum atomic E-state index is 11.8. The van der Waals surface area contributed by atoms with Crippen LogP contribution in [0.2, 0.25) is 0 Å². The second kappa shape index (κ2) is 7.65. The smallest absolute Gasteiger partial charge is 0.383 e. The minimum atomic E-state index is -4.32. The number of ether oxygens (including phenoxy) is 1. The van der Waals surface area contributed by atoms with Gasteiger partial charge in [0.15, 0.2) is 9.84 Å². The summed E-state index contributed by atoms with van der Waals surface area (Å²) >= 11 is 0. The number of benzene rings is 1. The first-order valence-corrected chi connectivity index (χ1v) is 8.11. The zero-order valence-corrected chi connectivity index (χ0v) is 12.4. The number of halogens is 3. The van der Waals surface area contributed by atoms with Crippen LogP contribution in [0.4, 0.5) is 18.9 Å². The Morgan fingerprint density at radius 1 is 1.19 bits per heavy atom. The molecular formula is C13H18F3NO3S. The van der Waals surface area contributed by atoms with Gasteiger partial charge in [0.1, 0.15) is 6.61 Å². The van der Waals surface area contributed by atoms with E-state index in [9.17, 15) is 21.6 Å². The number of sulfone groups is 1. The molecule has 0 heterocycles. The van der Waals surface area contributed by atoms with Gasteiger partial charge in [0.05, 0.1) is 17.3 Å². The van der Waals surface area contributed by atoms with Crippen molar-refractivity contribution >= 4 is 15.5 Å². The van der Waals surface area contributed by atoms with Crippen LogP contribution in [0.3, 0.4) is 0 Å². The lowest BCUT2D eigenvalue weighted by Crippen LogP contribution is -2.20. The van der Waals surface area contributed by atoms with Crippen molar-refractivity contribution in [3.63, 3.8) is 0 Å². The van der Waals surface area contributed by atoms with E-state index >= 15 is 0 Å². The third-order valence-corrected chi connectivity index (χ3v) is 4.46. The fourth-order valence-electron chi connectivity index (χ4n) is 1.62. The van der Waals surface area contributed by atoms with E-state index < -0.39 is 22.6 Å². The summed E-state index contributed by atoms with van der Waals surface area (Å²) in [5.74, 6) is 0.0884. The van der Waals surface area contributed by atoms with Crippen LogP contribution in [0, 0.1) is 0 Å². The molecule has 0 aliphatic carbocycles. The van der Waals surface area contributed by atoms with E-state index in [2.05, 4.69) is 10.1 Å². The highest BCUT2D eigenvalue weighted by Gasteiger charge is 2.27. The van der Waals surface area contributed by atoms with E-state index in [0.717, 1.165) is 0 Å². The largest absolute Gasteiger partial charge is 0.411 e. The molecule has 1 aromatic carbocycles. The molecule has 0 atom stereocenters. The van der Waals surface area contributed by atoms with Crippen molar-refractivity contribution < 1.29 is 26.3 Å². The van der Waals surface area contributed by atoms with Crippen molar-refractivity contribution in [1.82, 2.24) is 0 Å². The molecule has 0 bridgehead atoms. The Hall–Kier alpha value is -1.28. The minimum absolute atomic E-state index is 0.0879. The molecule has 0 aromatic heterocycles. The molecule has 21 heavy (non-hydrogen) atoms. The number of nitrogens with one attached hydrogen (secondary N) is 1. The van der Waals surface area contributed by atoms with Gasteiger partial charge >= 0.3 is 6.18 Å². The highest BCUT2D eigenvalue weighted by Crippen LogP contribution is 2.16. The standard InChI is InChI=1S/C13H18F3NO3S/c1-2-9-21(18,19)12-5-3-11(4-6-12)17-7-8-20-10-13(14,15)16/h3-6,17H,2,7-10H2,1H3. The van der Waals surface area contributed by atoms with E-state index in [1.807, 2.05) is 0 Å². The Labute approximate surface area is 122 Å². The first-order chi connectivity index (χ1) is 9.74. The van der Waals surface area contributed by atoms with E-state index in [1.165, 1.54) is 12.1 Å². The zero-order chi connectivity index (χ0) is 15.9. The highest BCUT2D eigenvalue weighted by molar-refractivity contribution is 7.91. The van der Waals surface area contributed by atoms with E-state index in [4.69, 9.17) is 0 Å². The van der Waals surface area contributed by atoms with Crippen LogP contribution in [-0.2, 0) is 14.6 Å². The number of rotatable bonds is 8.